The van der Waals surface area contributed by atoms with E-state index < -0.39 is 0 Å². The maximum absolute atomic E-state index is 4.18. The Morgan fingerprint density at radius 1 is 1.20 bits per heavy atom. The van der Waals surface area contributed by atoms with Crippen LogP contribution in [0, 0.1) is 0 Å². The molecule has 0 aliphatic carbocycles. The Balaban J connectivity index is 2.27. The highest BCUT2D eigenvalue weighted by Gasteiger charge is 2.19. The predicted molar refractivity (Wildman–Crippen MR) is 58.3 cm³/mol. The molecule has 15 heavy (non-hydrogen) atoms. The summed E-state index contributed by atoms with van der Waals surface area (Å²) in [6.07, 6.45) is 2.02. The van der Waals surface area contributed by atoms with Gasteiger partial charge < -0.3 is 5.32 Å². The van der Waals surface area contributed by atoms with Crippen LogP contribution in [-0.4, -0.2) is 21.8 Å². The van der Waals surface area contributed by atoms with E-state index in [4.69, 9.17) is 0 Å². The SMILES string of the molecule is CNc1nnc2n1-c1ccccc1CC2. The summed E-state index contributed by atoms with van der Waals surface area (Å²) < 4.78 is 2.10. The Labute approximate surface area is 88.0 Å². The van der Waals surface area contributed by atoms with E-state index in [1.54, 1.807) is 0 Å². The third kappa shape index (κ3) is 1.14. The molecular weight excluding hydrogens is 188 g/mol. The minimum atomic E-state index is 0.817. The maximum Gasteiger partial charge on any atom is 0.229 e. The summed E-state index contributed by atoms with van der Waals surface area (Å²) in [4.78, 5) is 0. The van der Waals surface area contributed by atoms with Crippen molar-refractivity contribution in [2.75, 3.05) is 12.4 Å². The summed E-state index contributed by atoms with van der Waals surface area (Å²) in [6.45, 7) is 0. The van der Waals surface area contributed by atoms with E-state index in [9.17, 15) is 0 Å². The van der Waals surface area contributed by atoms with E-state index >= 15 is 0 Å². The Morgan fingerprint density at radius 2 is 2.07 bits per heavy atom. The van der Waals surface area contributed by atoms with Crippen LogP contribution in [0.5, 0.6) is 0 Å². The van der Waals surface area contributed by atoms with Crippen molar-refractivity contribution in [1.29, 1.82) is 0 Å². The molecule has 0 atom stereocenters. The quantitative estimate of drug-likeness (QED) is 0.756. The second-order valence-electron chi connectivity index (χ2n) is 3.65. The number of aromatic nitrogens is 3. The molecule has 2 heterocycles. The van der Waals surface area contributed by atoms with E-state index in [0.29, 0.717) is 0 Å². The fourth-order valence-corrected chi connectivity index (χ4v) is 2.08. The molecule has 1 aliphatic rings. The molecule has 0 saturated carbocycles. The predicted octanol–water partition coefficient (Wildman–Crippen LogP) is 1.41. The molecule has 0 radical (unpaired) electrons. The highest BCUT2D eigenvalue weighted by atomic mass is 15.3. The van der Waals surface area contributed by atoms with Crippen LogP contribution >= 0.6 is 0 Å². The van der Waals surface area contributed by atoms with Gasteiger partial charge in [-0.3, -0.25) is 4.57 Å². The van der Waals surface area contributed by atoms with Gasteiger partial charge in [0.1, 0.15) is 5.82 Å². The van der Waals surface area contributed by atoms with Crippen molar-refractivity contribution in [2.24, 2.45) is 0 Å². The van der Waals surface area contributed by atoms with Crippen molar-refractivity contribution in [2.45, 2.75) is 12.8 Å². The molecule has 4 nitrogen and oxygen atoms in total. The molecule has 0 saturated heterocycles. The van der Waals surface area contributed by atoms with E-state index in [2.05, 4.69) is 38.3 Å². The van der Waals surface area contributed by atoms with Crippen LogP contribution < -0.4 is 5.32 Å². The average molecular weight is 200 g/mol. The Hall–Kier alpha value is -1.84. The fraction of sp³-hybridized carbons (Fsp3) is 0.273. The number of hydrogen-bond donors (Lipinski definition) is 1. The Kier molecular flexibility index (Phi) is 1.74. The second-order valence-corrected chi connectivity index (χ2v) is 3.65. The highest BCUT2D eigenvalue weighted by Crippen LogP contribution is 2.26. The lowest BCUT2D eigenvalue weighted by Crippen LogP contribution is -2.13. The van der Waals surface area contributed by atoms with Crippen molar-refractivity contribution >= 4 is 5.95 Å². The van der Waals surface area contributed by atoms with Crippen LogP contribution in [0.3, 0.4) is 0 Å². The van der Waals surface area contributed by atoms with Crippen LogP contribution in [0.4, 0.5) is 5.95 Å². The van der Waals surface area contributed by atoms with E-state index in [1.165, 1.54) is 11.3 Å². The summed E-state index contributed by atoms with van der Waals surface area (Å²) in [6, 6.07) is 8.40. The summed E-state index contributed by atoms with van der Waals surface area (Å²) in [5, 5.41) is 11.4. The topological polar surface area (TPSA) is 42.7 Å². The molecule has 0 bridgehead atoms. The van der Waals surface area contributed by atoms with Crippen LogP contribution in [0.25, 0.3) is 5.69 Å². The molecule has 0 fully saturated rings. The standard InChI is InChI=1S/C11H12N4/c1-12-11-14-13-10-7-6-8-4-2-3-5-9(8)15(10)11/h2-5H,6-7H2,1H3,(H,12,14). The summed E-state index contributed by atoms with van der Waals surface area (Å²) >= 11 is 0. The molecule has 0 spiro atoms. The molecule has 3 rings (SSSR count). The fourth-order valence-electron chi connectivity index (χ4n) is 2.08. The third-order valence-electron chi connectivity index (χ3n) is 2.80. The third-order valence-corrected chi connectivity index (χ3v) is 2.80. The zero-order valence-electron chi connectivity index (χ0n) is 8.57. The monoisotopic (exact) mass is 200 g/mol. The molecule has 1 N–H and O–H groups in total. The van der Waals surface area contributed by atoms with Gasteiger partial charge in [-0.15, -0.1) is 10.2 Å². The molecule has 1 aromatic heterocycles. The number of aryl methyl sites for hydroxylation is 2. The molecule has 4 heteroatoms. The minimum Gasteiger partial charge on any atom is -0.357 e. The molecule has 1 aromatic carbocycles. The van der Waals surface area contributed by atoms with Gasteiger partial charge in [0.2, 0.25) is 5.95 Å². The lowest BCUT2D eigenvalue weighted by molar-refractivity contribution is 0.776. The molecular formula is C11H12N4. The Bertz CT molecular complexity index is 488. The smallest absolute Gasteiger partial charge is 0.229 e. The van der Waals surface area contributed by atoms with E-state index in [1.807, 2.05) is 13.1 Å². The first-order valence-electron chi connectivity index (χ1n) is 5.10. The van der Waals surface area contributed by atoms with Crippen molar-refractivity contribution in [3.05, 3.63) is 35.7 Å². The van der Waals surface area contributed by atoms with E-state index in [0.717, 1.165) is 24.6 Å². The van der Waals surface area contributed by atoms with Crippen LogP contribution in [0.15, 0.2) is 24.3 Å². The number of nitrogens with zero attached hydrogens (tertiary/aromatic N) is 3. The number of para-hydroxylation sites is 1. The van der Waals surface area contributed by atoms with E-state index in [-0.39, 0.29) is 0 Å². The maximum atomic E-state index is 4.18. The van der Waals surface area contributed by atoms with Crippen LogP contribution in [-0.2, 0) is 12.8 Å². The summed E-state index contributed by atoms with van der Waals surface area (Å²) in [5.74, 6) is 1.86. The summed E-state index contributed by atoms with van der Waals surface area (Å²) in [5.41, 5.74) is 2.56. The van der Waals surface area contributed by atoms with Gasteiger partial charge in [-0.2, -0.15) is 0 Å². The molecule has 1 aliphatic heterocycles. The zero-order chi connectivity index (χ0) is 10.3. The van der Waals surface area contributed by atoms with Crippen molar-refractivity contribution < 1.29 is 0 Å². The van der Waals surface area contributed by atoms with Gasteiger partial charge >= 0.3 is 0 Å². The van der Waals surface area contributed by atoms with Gasteiger partial charge in [0, 0.05) is 13.5 Å². The zero-order valence-corrected chi connectivity index (χ0v) is 8.57. The average Bonchev–Trinajstić information content (AvgIpc) is 2.72. The number of nitrogens with one attached hydrogen (secondary N) is 1. The first kappa shape index (κ1) is 8.47. The van der Waals surface area contributed by atoms with Gasteiger partial charge in [-0.1, -0.05) is 18.2 Å². The lowest BCUT2D eigenvalue weighted by atomic mass is 10.0. The number of anilines is 1. The molecule has 76 valence electrons. The number of rotatable bonds is 1. The molecule has 2 aromatic rings. The summed E-state index contributed by atoms with van der Waals surface area (Å²) in [7, 11) is 1.87. The lowest BCUT2D eigenvalue weighted by Gasteiger charge is -2.18. The Morgan fingerprint density at radius 3 is 2.93 bits per heavy atom. The van der Waals surface area contributed by atoms with Gasteiger partial charge in [0.25, 0.3) is 0 Å². The van der Waals surface area contributed by atoms with Crippen LogP contribution in [0.2, 0.25) is 0 Å². The van der Waals surface area contributed by atoms with Crippen molar-refractivity contribution in [3.8, 4) is 5.69 Å². The normalized spacial score (nSPS) is 13.1. The minimum absolute atomic E-state index is 0.817. The van der Waals surface area contributed by atoms with Gasteiger partial charge in [-0.25, -0.2) is 0 Å². The van der Waals surface area contributed by atoms with Gasteiger partial charge in [-0.05, 0) is 18.1 Å². The number of fused-ring (bicyclic) bond motifs is 3. The van der Waals surface area contributed by atoms with Crippen LogP contribution in [0.1, 0.15) is 11.4 Å². The number of hydrogen-bond acceptors (Lipinski definition) is 3. The van der Waals surface area contributed by atoms with Crippen molar-refractivity contribution in [1.82, 2.24) is 14.8 Å². The van der Waals surface area contributed by atoms with Gasteiger partial charge in [0.05, 0.1) is 5.69 Å². The number of benzene rings is 1. The van der Waals surface area contributed by atoms with Gasteiger partial charge in [0.15, 0.2) is 0 Å². The van der Waals surface area contributed by atoms with Crippen molar-refractivity contribution in [3.63, 3.8) is 0 Å². The molecule has 0 amide bonds. The first-order chi connectivity index (χ1) is 7.40. The molecule has 0 unspecified atom stereocenters. The first-order valence-corrected chi connectivity index (χ1v) is 5.10. The second kappa shape index (κ2) is 3.08. The highest BCUT2D eigenvalue weighted by molar-refractivity contribution is 5.50. The largest absolute Gasteiger partial charge is 0.357 e.